The van der Waals surface area contributed by atoms with Gasteiger partial charge in [-0.1, -0.05) is 36.4 Å². The Hall–Kier alpha value is -2.14. The van der Waals surface area contributed by atoms with Gasteiger partial charge in [-0.05, 0) is 11.6 Å². The summed E-state index contributed by atoms with van der Waals surface area (Å²) in [6.45, 7) is 0. The molecule has 78 valence electrons. The lowest BCUT2D eigenvalue weighted by atomic mass is 10.2. The van der Waals surface area contributed by atoms with Crippen LogP contribution in [0.3, 0.4) is 0 Å². The van der Waals surface area contributed by atoms with E-state index < -0.39 is 6.03 Å². The van der Waals surface area contributed by atoms with Gasteiger partial charge in [0, 0.05) is 6.21 Å². The van der Waals surface area contributed by atoms with Gasteiger partial charge in [-0.3, -0.25) is 5.43 Å². The van der Waals surface area contributed by atoms with Crippen LogP contribution < -0.4 is 16.7 Å². The van der Waals surface area contributed by atoms with E-state index in [0.29, 0.717) is 0 Å². The number of hydrazone groups is 1. The highest BCUT2D eigenvalue weighted by atomic mass is 16.2. The fourth-order valence-corrected chi connectivity index (χ4v) is 0.889. The average Bonchev–Trinajstić information content (AvgIpc) is 2.29. The van der Waals surface area contributed by atoms with Crippen LogP contribution in [0.5, 0.6) is 0 Å². The van der Waals surface area contributed by atoms with Crippen LogP contribution in [-0.4, -0.2) is 12.2 Å². The number of carbonyl (C=O) groups is 1. The van der Waals surface area contributed by atoms with E-state index in [9.17, 15) is 4.79 Å². The monoisotopic (exact) mass is 204 g/mol. The number of urea groups is 1. The number of carbonyl (C=O) groups excluding carboxylic acids is 1. The van der Waals surface area contributed by atoms with Gasteiger partial charge in [0.15, 0.2) is 0 Å². The van der Waals surface area contributed by atoms with Crippen molar-refractivity contribution in [1.29, 1.82) is 0 Å². The second kappa shape index (κ2) is 6.33. The molecule has 0 heterocycles. The highest BCUT2D eigenvalue weighted by Crippen LogP contribution is 1.99. The molecule has 0 aromatic heterocycles. The Labute approximate surface area is 87.6 Å². The van der Waals surface area contributed by atoms with Crippen molar-refractivity contribution in [3.05, 3.63) is 42.0 Å². The molecule has 5 heteroatoms. The zero-order chi connectivity index (χ0) is 10.9. The molecule has 0 aliphatic heterocycles. The minimum atomic E-state index is -0.556. The van der Waals surface area contributed by atoms with Crippen LogP contribution in [0, 0.1) is 0 Å². The molecule has 15 heavy (non-hydrogen) atoms. The van der Waals surface area contributed by atoms with Crippen LogP contribution in [-0.2, 0) is 0 Å². The van der Waals surface area contributed by atoms with Crippen LogP contribution >= 0.6 is 0 Å². The molecule has 4 N–H and O–H groups in total. The van der Waals surface area contributed by atoms with Gasteiger partial charge < -0.3 is 0 Å². The summed E-state index contributed by atoms with van der Waals surface area (Å²) < 4.78 is 0. The number of benzene rings is 1. The second-order valence-corrected chi connectivity index (χ2v) is 2.63. The Morgan fingerprint density at radius 3 is 2.73 bits per heavy atom. The van der Waals surface area contributed by atoms with Crippen molar-refractivity contribution in [2.45, 2.75) is 0 Å². The second-order valence-electron chi connectivity index (χ2n) is 2.63. The van der Waals surface area contributed by atoms with Crippen LogP contribution in [0.25, 0.3) is 6.08 Å². The van der Waals surface area contributed by atoms with Crippen LogP contribution in [0.15, 0.2) is 41.5 Å². The first-order valence-electron chi connectivity index (χ1n) is 4.34. The number of hydrogen-bond donors (Lipinski definition) is 3. The number of nitrogens with one attached hydrogen (secondary N) is 2. The molecule has 0 unspecified atom stereocenters. The highest BCUT2D eigenvalue weighted by molar-refractivity contribution is 5.80. The van der Waals surface area contributed by atoms with Gasteiger partial charge >= 0.3 is 6.03 Å². The predicted octanol–water partition coefficient (Wildman–Crippen LogP) is 0.858. The number of rotatable bonds is 3. The third kappa shape index (κ3) is 4.58. The molecule has 0 bridgehead atoms. The molecule has 1 aromatic rings. The van der Waals surface area contributed by atoms with Crippen molar-refractivity contribution < 1.29 is 4.79 Å². The first-order valence-corrected chi connectivity index (χ1v) is 4.34. The molecular weight excluding hydrogens is 192 g/mol. The molecule has 0 atom stereocenters. The first-order chi connectivity index (χ1) is 7.33. The van der Waals surface area contributed by atoms with Gasteiger partial charge in [0.2, 0.25) is 0 Å². The minimum Gasteiger partial charge on any atom is -0.274 e. The quantitative estimate of drug-likeness (QED) is 0.295. The van der Waals surface area contributed by atoms with Crippen molar-refractivity contribution in [3.63, 3.8) is 0 Å². The van der Waals surface area contributed by atoms with Crippen molar-refractivity contribution in [3.8, 4) is 0 Å². The summed E-state index contributed by atoms with van der Waals surface area (Å²) in [7, 11) is 0. The van der Waals surface area contributed by atoms with E-state index in [0.717, 1.165) is 5.56 Å². The number of nitrogens with zero attached hydrogens (tertiary/aromatic N) is 1. The van der Waals surface area contributed by atoms with Gasteiger partial charge in [0.25, 0.3) is 0 Å². The Balaban J connectivity index is 2.37. The molecule has 0 radical (unpaired) electrons. The SMILES string of the molecule is NNC(=O)N/N=C\C=C/c1ccccc1. The van der Waals surface area contributed by atoms with E-state index in [1.54, 1.807) is 6.08 Å². The maximum Gasteiger partial charge on any atom is 0.349 e. The Morgan fingerprint density at radius 1 is 1.33 bits per heavy atom. The average molecular weight is 204 g/mol. The van der Waals surface area contributed by atoms with E-state index in [2.05, 4.69) is 10.5 Å². The van der Waals surface area contributed by atoms with E-state index in [4.69, 9.17) is 5.84 Å². The maximum absolute atomic E-state index is 10.6. The molecule has 0 aliphatic rings. The smallest absolute Gasteiger partial charge is 0.274 e. The molecule has 0 saturated heterocycles. The van der Waals surface area contributed by atoms with Crippen LogP contribution in [0.1, 0.15) is 5.56 Å². The number of amides is 2. The molecular formula is C10H12N4O. The van der Waals surface area contributed by atoms with Gasteiger partial charge in [0.1, 0.15) is 0 Å². The highest BCUT2D eigenvalue weighted by Gasteiger charge is 1.87. The summed E-state index contributed by atoms with van der Waals surface area (Å²) in [6, 6.07) is 9.20. The van der Waals surface area contributed by atoms with E-state index in [1.165, 1.54) is 6.21 Å². The van der Waals surface area contributed by atoms with E-state index in [1.807, 2.05) is 41.8 Å². The zero-order valence-electron chi connectivity index (χ0n) is 8.05. The summed E-state index contributed by atoms with van der Waals surface area (Å²) in [6.07, 6.45) is 5.04. The molecule has 0 aliphatic carbocycles. The molecule has 2 amide bonds. The zero-order valence-corrected chi connectivity index (χ0v) is 8.05. The standard InChI is InChI=1S/C10H12N4O/c11-13-10(15)14-12-8-4-7-9-5-2-1-3-6-9/h1-8H,11H2,(H2,13,14,15)/b7-4-,12-8-. The summed E-state index contributed by atoms with van der Waals surface area (Å²) >= 11 is 0. The van der Waals surface area contributed by atoms with Crippen molar-refractivity contribution >= 4 is 18.3 Å². The number of hydrazine groups is 1. The fraction of sp³-hybridized carbons (Fsp3) is 0. The number of hydrogen-bond acceptors (Lipinski definition) is 3. The van der Waals surface area contributed by atoms with Crippen molar-refractivity contribution in [1.82, 2.24) is 10.9 Å². The molecule has 0 fully saturated rings. The van der Waals surface area contributed by atoms with Crippen molar-refractivity contribution in [2.75, 3.05) is 0 Å². The normalized spacial score (nSPS) is 10.7. The molecule has 0 spiro atoms. The summed E-state index contributed by atoms with van der Waals surface area (Å²) in [5.74, 6) is 4.82. The third-order valence-electron chi connectivity index (χ3n) is 1.55. The lowest BCUT2D eigenvalue weighted by molar-refractivity contribution is 0.241. The summed E-state index contributed by atoms with van der Waals surface area (Å²) in [5, 5.41) is 3.60. The van der Waals surface area contributed by atoms with Gasteiger partial charge in [-0.25, -0.2) is 16.1 Å². The lowest BCUT2D eigenvalue weighted by Gasteiger charge is -1.93. The number of nitrogens with two attached hydrogens (primary N) is 1. The Kier molecular flexibility index (Phi) is 4.62. The minimum absolute atomic E-state index is 0.556. The molecule has 1 aromatic carbocycles. The van der Waals surface area contributed by atoms with Crippen molar-refractivity contribution in [2.24, 2.45) is 10.9 Å². The summed E-state index contributed by atoms with van der Waals surface area (Å²) in [4.78, 5) is 10.6. The Morgan fingerprint density at radius 2 is 2.07 bits per heavy atom. The summed E-state index contributed by atoms with van der Waals surface area (Å²) in [5.41, 5.74) is 5.11. The van der Waals surface area contributed by atoms with Gasteiger partial charge in [0.05, 0.1) is 0 Å². The van der Waals surface area contributed by atoms with E-state index in [-0.39, 0.29) is 0 Å². The van der Waals surface area contributed by atoms with Crippen LogP contribution in [0.4, 0.5) is 4.79 Å². The predicted molar refractivity (Wildman–Crippen MR) is 59.8 cm³/mol. The van der Waals surface area contributed by atoms with Crippen LogP contribution in [0.2, 0.25) is 0 Å². The molecule has 5 nitrogen and oxygen atoms in total. The molecule has 0 saturated carbocycles. The largest absolute Gasteiger partial charge is 0.349 e. The van der Waals surface area contributed by atoms with E-state index >= 15 is 0 Å². The lowest BCUT2D eigenvalue weighted by Crippen LogP contribution is -2.37. The van der Waals surface area contributed by atoms with Gasteiger partial charge in [-0.2, -0.15) is 5.10 Å². The number of allylic oxidation sites excluding steroid dienone is 1. The first kappa shape index (κ1) is 10.9. The van der Waals surface area contributed by atoms with Gasteiger partial charge in [-0.15, -0.1) is 0 Å². The maximum atomic E-state index is 10.6. The Bertz CT molecular complexity index is 359. The fourth-order valence-electron chi connectivity index (χ4n) is 0.889. The topological polar surface area (TPSA) is 79.5 Å². The third-order valence-corrected chi connectivity index (χ3v) is 1.55. The molecule has 1 rings (SSSR count).